The molecule has 5 heteroatoms. The minimum absolute atomic E-state index is 0.0503. The lowest BCUT2D eigenvalue weighted by molar-refractivity contribution is -0.137. The number of hydrogen-bond donors (Lipinski definition) is 2. The Morgan fingerprint density at radius 2 is 1.75 bits per heavy atom. The molecule has 2 unspecified atom stereocenters. The molecule has 5 nitrogen and oxygen atoms in total. The molecule has 2 aromatic rings. The zero-order valence-corrected chi connectivity index (χ0v) is 15.8. The fourth-order valence-electron chi connectivity index (χ4n) is 5.42. The number of rotatable bonds is 5. The number of likely N-dealkylation sites (tertiary alicyclic amines) is 1. The van der Waals surface area contributed by atoms with Crippen molar-refractivity contribution in [1.82, 2.24) is 15.5 Å². The van der Waals surface area contributed by atoms with Crippen LogP contribution in [0.2, 0.25) is 0 Å². The van der Waals surface area contributed by atoms with E-state index in [2.05, 4.69) is 10.6 Å². The van der Waals surface area contributed by atoms with E-state index in [4.69, 9.17) is 0 Å². The SMILES string of the molecule is O=C(NCc1ccccc1)[C@@H]1N(Cc2ccccc2)C(=O)[C@H]2CC3CCC21N3. The average molecular weight is 375 g/mol. The Bertz CT molecular complexity index is 885. The second-order valence-electron chi connectivity index (χ2n) is 8.27. The van der Waals surface area contributed by atoms with E-state index in [1.165, 1.54) is 0 Å². The fourth-order valence-corrected chi connectivity index (χ4v) is 5.42. The predicted octanol–water partition coefficient (Wildman–Crippen LogP) is 2.22. The maximum atomic E-state index is 13.3. The number of benzene rings is 2. The van der Waals surface area contributed by atoms with E-state index in [1.807, 2.05) is 65.6 Å². The molecule has 1 spiro atoms. The monoisotopic (exact) mass is 375 g/mol. The van der Waals surface area contributed by atoms with Crippen LogP contribution in [0.5, 0.6) is 0 Å². The largest absolute Gasteiger partial charge is 0.350 e. The summed E-state index contributed by atoms with van der Waals surface area (Å²) in [5.41, 5.74) is 1.72. The van der Waals surface area contributed by atoms with Gasteiger partial charge in [0, 0.05) is 19.1 Å². The van der Waals surface area contributed by atoms with Crippen molar-refractivity contribution in [2.24, 2.45) is 5.92 Å². The highest BCUT2D eigenvalue weighted by molar-refractivity contribution is 5.96. The fraction of sp³-hybridized carbons (Fsp3) is 0.391. The van der Waals surface area contributed by atoms with Crippen molar-refractivity contribution in [2.75, 3.05) is 0 Å². The Hall–Kier alpha value is -2.66. The van der Waals surface area contributed by atoms with Gasteiger partial charge in [-0.3, -0.25) is 9.59 Å². The average Bonchev–Trinajstić information content (AvgIpc) is 3.37. The predicted molar refractivity (Wildman–Crippen MR) is 106 cm³/mol. The van der Waals surface area contributed by atoms with Crippen LogP contribution in [0.4, 0.5) is 0 Å². The van der Waals surface area contributed by atoms with E-state index in [0.717, 1.165) is 30.4 Å². The molecule has 3 saturated heterocycles. The van der Waals surface area contributed by atoms with Gasteiger partial charge in [-0.1, -0.05) is 60.7 Å². The summed E-state index contributed by atoms with van der Waals surface area (Å²) in [6, 6.07) is 19.8. The number of nitrogens with zero attached hydrogens (tertiary/aromatic N) is 1. The van der Waals surface area contributed by atoms with Crippen LogP contribution in [0.1, 0.15) is 30.4 Å². The van der Waals surface area contributed by atoms with Crippen LogP contribution in [0.15, 0.2) is 60.7 Å². The molecule has 3 heterocycles. The summed E-state index contributed by atoms with van der Waals surface area (Å²) in [7, 11) is 0. The molecule has 0 aliphatic carbocycles. The number of carbonyl (C=O) groups is 2. The van der Waals surface area contributed by atoms with Crippen LogP contribution in [0.25, 0.3) is 0 Å². The van der Waals surface area contributed by atoms with Crippen LogP contribution in [0.3, 0.4) is 0 Å². The third kappa shape index (κ3) is 2.73. The van der Waals surface area contributed by atoms with Gasteiger partial charge in [0.05, 0.1) is 11.5 Å². The summed E-state index contributed by atoms with van der Waals surface area (Å²) in [6.45, 7) is 0.960. The molecule has 5 rings (SSSR count). The topological polar surface area (TPSA) is 61.4 Å². The second-order valence-corrected chi connectivity index (χ2v) is 8.27. The molecule has 3 aliphatic rings. The van der Waals surface area contributed by atoms with Crippen LogP contribution in [-0.2, 0) is 22.7 Å². The van der Waals surface area contributed by atoms with Crippen molar-refractivity contribution in [3.8, 4) is 0 Å². The van der Waals surface area contributed by atoms with Gasteiger partial charge in [0.1, 0.15) is 6.04 Å². The third-order valence-corrected chi connectivity index (χ3v) is 6.66. The van der Waals surface area contributed by atoms with Crippen LogP contribution in [0, 0.1) is 5.92 Å². The van der Waals surface area contributed by atoms with E-state index in [0.29, 0.717) is 19.1 Å². The lowest BCUT2D eigenvalue weighted by atomic mass is 9.76. The molecular formula is C23H25N3O2. The Morgan fingerprint density at radius 1 is 1.07 bits per heavy atom. The van der Waals surface area contributed by atoms with E-state index in [1.54, 1.807) is 0 Å². The Balaban J connectivity index is 1.42. The molecule has 4 atom stereocenters. The van der Waals surface area contributed by atoms with Gasteiger partial charge in [0.25, 0.3) is 0 Å². The van der Waals surface area contributed by atoms with E-state index < -0.39 is 11.6 Å². The van der Waals surface area contributed by atoms with E-state index >= 15 is 0 Å². The Labute approximate surface area is 165 Å². The Kier molecular flexibility index (Phi) is 4.20. The highest BCUT2D eigenvalue weighted by Gasteiger charge is 2.67. The first-order valence-electron chi connectivity index (χ1n) is 10.1. The smallest absolute Gasteiger partial charge is 0.245 e. The summed E-state index contributed by atoms with van der Waals surface area (Å²) >= 11 is 0. The zero-order valence-electron chi connectivity index (χ0n) is 15.8. The lowest BCUT2D eigenvalue weighted by Crippen LogP contribution is -2.58. The summed E-state index contributed by atoms with van der Waals surface area (Å²) < 4.78 is 0. The summed E-state index contributed by atoms with van der Waals surface area (Å²) in [6.07, 6.45) is 2.79. The number of amides is 2. The normalized spacial score (nSPS) is 30.5. The summed E-state index contributed by atoms with van der Waals surface area (Å²) in [4.78, 5) is 28.4. The van der Waals surface area contributed by atoms with Crippen LogP contribution in [-0.4, -0.2) is 34.3 Å². The van der Waals surface area contributed by atoms with Crippen molar-refractivity contribution in [3.63, 3.8) is 0 Å². The molecule has 3 fully saturated rings. The van der Waals surface area contributed by atoms with Gasteiger partial charge in [-0.15, -0.1) is 0 Å². The van der Waals surface area contributed by atoms with Gasteiger partial charge >= 0.3 is 0 Å². The lowest BCUT2D eigenvalue weighted by Gasteiger charge is -2.34. The maximum Gasteiger partial charge on any atom is 0.245 e. The number of fused-ring (bicyclic) bond motifs is 1. The molecule has 0 radical (unpaired) electrons. The summed E-state index contributed by atoms with van der Waals surface area (Å²) in [5, 5.41) is 6.75. The van der Waals surface area contributed by atoms with Crippen LogP contribution >= 0.6 is 0 Å². The first kappa shape index (κ1) is 17.4. The van der Waals surface area contributed by atoms with Crippen molar-refractivity contribution in [3.05, 3.63) is 71.8 Å². The quantitative estimate of drug-likeness (QED) is 0.842. The molecule has 3 aliphatic heterocycles. The molecule has 0 saturated carbocycles. The number of carbonyl (C=O) groups excluding carboxylic acids is 2. The standard InChI is InChI=1S/C23H25N3O2/c27-21(24-14-16-7-3-1-4-8-16)20-23-12-11-18(25-23)13-19(23)22(28)26(20)15-17-9-5-2-6-10-17/h1-10,18-20,25H,11-15H2,(H,24,27)/t18?,19-,20+,23?/m1/s1. The first-order valence-corrected chi connectivity index (χ1v) is 10.1. The minimum Gasteiger partial charge on any atom is -0.350 e. The van der Waals surface area contributed by atoms with Gasteiger partial charge < -0.3 is 15.5 Å². The number of hydrogen-bond acceptors (Lipinski definition) is 3. The molecule has 0 aromatic heterocycles. The zero-order chi connectivity index (χ0) is 19.1. The molecule has 2 bridgehead atoms. The Morgan fingerprint density at radius 3 is 2.43 bits per heavy atom. The highest BCUT2D eigenvalue weighted by Crippen LogP contribution is 2.51. The van der Waals surface area contributed by atoms with E-state index in [-0.39, 0.29) is 17.7 Å². The summed E-state index contributed by atoms with van der Waals surface area (Å²) in [5.74, 6) is -0.00784. The first-order chi connectivity index (χ1) is 13.7. The van der Waals surface area contributed by atoms with E-state index in [9.17, 15) is 9.59 Å². The molecule has 2 N–H and O–H groups in total. The van der Waals surface area contributed by atoms with Gasteiger partial charge in [-0.25, -0.2) is 0 Å². The van der Waals surface area contributed by atoms with Crippen molar-refractivity contribution >= 4 is 11.8 Å². The van der Waals surface area contributed by atoms with Gasteiger partial charge in [0.2, 0.25) is 11.8 Å². The van der Waals surface area contributed by atoms with Crippen molar-refractivity contribution in [2.45, 2.75) is 50.0 Å². The van der Waals surface area contributed by atoms with Gasteiger partial charge in [-0.2, -0.15) is 0 Å². The van der Waals surface area contributed by atoms with Gasteiger partial charge in [0.15, 0.2) is 0 Å². The maximum absolute atomic E-state index is 13.3. The molecular weight excluding hydrogens is 350 g/mol. The molecule has 144 valence electrons. The van der Waals surface area contributed by atoms with Crippen LogP contribution < -0.4 is 10.6 Å². The minimum atomic E-state index is -0.457. The number of nitrogens with one attached hydrogen (secondary N) is 2. The van der Waals surface area contributed by atoms with Gasteiger partial charge in [-0.05, 0) is 30.4 Å². The molecule has 2 aromatic carbocycles. The van der Waals surface area contributed by atoms with Crippen molar-refractivity contribution in [1.29, 1.82) is 0 Å². The highest BCUT2D eigenvalue weighted by atomic mass is 16.2. The molecule has 2 amide bonds. The second kappa shape index (κ2) is 6.74. The molecule has 28 heavy (non-hydrogen) atoms. The van der Waals surface area contributed by atoms with Crippen molar-refractivity contribution < 1.29 is 9.59 Å². The third-order valence-electron chi connectivity index (χ3n) is 6.66.